The van der Waals surface area contributed by atoms with Gasteiger partial charge in [-0.3, -0.25) is 4.98 Å². The molecule has 0 spiro atoms. The third-order valence-corrected chi connectivity index (χ3v) is 3.69. The molecule has 17 heavy (non-hydrogen) atoms. The van der Waals surface area contributed by atoms with E-state index in [-0.39, 0.29) is 0 Å². The van der Waals surface area contributed by atoms with Crippen LogP contribution in [-0.4, -0.2) is 10.1 Å². The molecule has 3 heteroatoms. The SMILES string of the molecule is OC(CC1CC1)c1ccc(Cl)c2cccnc12. The molecule has 1 unspecified atom stereocenters. The summed E-state index contributed by atoms with van der Waals surface area (Å²) in [5, 5.41) is 11.8. The van der Waals surface area contributed by atoms with Crippen molar-refractivity contribution in [3.8, 4) is 0 Å². The minimum absolute atomic E-state index is 0.419. The van der Waals surface area contributed by atoms with Crippen LogP contribution < -0.4 is 0 Å². The smallest absolute Gasteiger partial charge is 0.0813 e. The van der Waals surface area contributed by atoms with Crippen molar-refractivity contribution in [3.05, 3.63) is 41.0 Å². The van der Waals surface area contributed by atoms with Crippen LogP contribution in [0, 0.1) is 5.92 Å². The molecular weight excluding hydrogens is 234 g/mol. The van der Waals surface area contributed by atoms with Crippen LogP contribution in [0.4, 0.5) is 0 Å². The normalized spacial score (nSPS) is 17.3. The van der Waals surface area contributed by atoms with E-state index in [1.165, 1.54) is 12.8 Å². The summed E-state index contributed by atoms with van der Waals surface area (Å²) in [6, 6.07) is 7.55. The highest BCUT2D eigenvalue weighted by Crippen LogP contribution is 2.39. The van der Waals surface area contributed by atoms with E-state index in [9.17, 15) is 5.11 Å². The highest BCUT2D eigenvalue weighted by atomic mass is 35.5. The summed E-state index contributed by atoms with van der Waals surface area (Å²) in [4.78, 5) is 4.35. The van der Waals surface area contributed by atoms with Gasteiger partial charge in [0.25, 0.3) is 0 Å². The molecule has 2 aromatic rings. The largest absolute Gasteiger partial charge is 0.388 e. The van der Waals surface area contributed by atoms with Gasteiger partial charge in [0, 0.05) is 22.2 Å². The first-order valence-electron chi connectivity index (χ1n) is 5.97. The summed E-state index contributed by atoms with van der Waals surface area (Å²) in [6.45, 7) is 0. The third kappa shape index (κ3) is 2.15. The van der Waals surface area contributed by atoms with E-state index < -0.39 is 6.10 Å². The molecule has 1 fully saturated rings. The maximum absolute atomic E-state index is 10.2. The zero-order valence-corrected chi connectivity index (χ0v) is 10.2. The van der Waals surface area contributed by atoms with Gasteiger partial charge in [0.1, 0.15) is 0 Å². The van der Waals surface area contributed by atoms with E-state index in [4.69, 9.17) is 11.6 Å². The van der Waals surface area contributed by atoms with E-state index in [0.717, 1.165) is 22.9 Å². The number of hydrogen-bond acceptors (Lipinski definition) is 2. The van der Waals surface area contributed by atoms with Gasteiger partial charge in [-0.25, -0.2) is 0 Å². The average molecular weight is 248 g/mol. The molecule has 0 radical (unpaired) electrons. The summed E-state index contributed by atoms with van der Waals surface area (Å²) in [6.07, 6.45) is 4.66. The third-order valence-electron chi connectivity index (χ3n) is 3.36. The fourth-order valence-corrected chi connectivity index (χ4v) is 2.44. The van der Waals surface area contributed by atoms with Crippen molar-refractivity contribution in [3.63, 3.8) is 0 Å². The number of fused-ring (bicyclic) bond motifs is 1. The van der Waals surface area contributed by atoms with Gasteiger partial charge in [0.2, 0.25) is 0 Å². The fraction of sp³-hybridized carbons (Fsp3) is 0.357. The van der Waals surface area contributed by atoms with E-state index in [1.807, 2.05) is 24.3 Å². The van der Waals surface area contributed by atoms with Crippen LogP contribution in [0.3, 0.4) is 0 Å². The van der Waals surface area contributed by atoms with Gasteiger partial charge in [0.15, 0.2) is 0 Å². The number of aromatic nitrogens is 1. The number of halogens is 1. The molecule has 0 saturated heterocycles. The summed E-state index contributed by atoms with van der Waals surface area (Å²) >= 11 is 6.13. The molecule has 1 aromatic heterocycles. The van der Waals surface area contributed by atoms with E-state index in [1.54, 1.807) is 6.20 Å². The minimum Gasteiger partial charge on any atom is -0.388 e. The molecule has 1 atom stereocenters. The van der Waals surface area contributed by atoms with Gasteiger partial charge in [-0.15, -0.1) is 0 Å². The number of pyridine rings is 1. The van der Waals surface area contributed by atoms with Gasteiger partial charge in [-0.1, -0.05) is 30.5 Å². The summed E-state index contributed by atoms with van der Waals surface area (Å²) in [7, 11) is 0. The van der Waals surface area contributed by atoms with Crippen LogP contribution in [0.5, 0.6) is 0 Å². The highest BCUT2D eigenvalue weighted by Gasteiger charge is 2.26. The number of hydrogen-bond donors (Lipinski definition) is 1. The van der Waals surface area contributed by atoms with Crippen LogP contribution in [0.25, 0.3) is 10.9 Å². The van der Waals surface area contributed by atoms with Crippen molar-refractivity contribution < 1.29 is 5.11 Å². The van der Waals surface area contributed by atoms with Crippen LogP contribution in [-0.2, 0) is 0 Å². The first kappa shape index (κ1) is 11.0. The van der Waals surface area contributed by atoms with Crippen LogP contribution in [0.2, 0.25) is 5.02 Å². The van der Waals surface area contributed by atoms with Crippen molar-refractivity contribution in [1.82, 2.24) is 4.98 Å². The number of nitrogens with zero attached hydrogens (tertiary/aromatic N) is 1. The molecule has 2 nitrogen and oxygen atoms in total. The number of rotatable bonds is 3. The number of aliphatic hydroxyl groups is 1. The van der Waals surface area contributed by atoms with Crippen molar-refractivity contribution in [2.24, 2.45) is 5.92 Å². The Morgan fingerprint density at radius 1 is 1.35 bits per heavy atom. The second-order valence-electron chi connectivity index (χ2n) is 4.73. The zero-order valence-electron chi connectivity index (χ0n) is 9.44. The molecule has 1 N–H and O–H groups in total. The molecule has 0 bridgehead atoms. The standard InChI is InChI=1S/C14H14ClNO/c15-12-6-5-11(13(17)8-9-3-4-9)14-10(12)2-1-7-16-14/h1-2,5-7,9,13,17H,3-4,8H2. The van der Waals surface area contributed by atoms with Crippen molar-refractivity contribution in [2.45, 2.75) is 25.4 Å². The second kappa shape index (κ2) is 4.28. The second-order valence-corrected chi connectivity index (χ2v) is 5.14. The molecule has 1 saturated carbocycles. The minimum atomic E-state index is -0.419. The molecule has 0 amide bonds. The fourth-order valence-electron chi connectivity index (χ4n) is 2.22. The molecule has 0 aliphatic heterocycles. The lowest BCUT2D eigenvalue weighted by Crippen LogP contribution is -2.00. The Hall–Kier alpha value is -1.12. The Kier molecular flexibility index (Phi) is 2.77. The lowest BCUT2D eigenvalue weighted by molar-refractivity contribution is 0.161. The van der Waals surface area contributed by atoms with Gasteiger partial charge in [-0.2, -0.15) is 0 Å². The molecule has 1 aromatic carbocycles. The Morgan fingerprint density at radius 3 is 2.94 bits per heavy atom. The van der Waals surface area contributed by atoms with Gasteiger partial charge < -0.3 is 5.11 Å². The lowest BCUT2D eigenvalue weighted by atomic mass is 10.0. The predicted molar refractivity (Wildman–Crippen MR) is 69.1 cm³/mol. The van der Waals surface area contributed by atoms with E-state index >= 15 is 0 Å². The molecule has 3 rings (SSSR count). The maximum atomic E-state index is 10.2. The quantitative estimate of drug-likeness (QED) is 0.897. The molecule has 88 valence electrons. The summed E-state index contributed by atoms with van der Waals surface area (Å²) in [5.41, 5.74) is 1.73. The van der Waals surface area contributed by atoms with Gasteiger partial charge in [-0.05, 0) is 30.5 Å². The number of aliphatic hydroxyl groups excluding tert-OH is 1. The Balaban J connectivity index is 2.05. The number of benzene rings is 1. The van der Waals surface area contributed by atoms with Crippen LogP contribution >= 0.6 is 11.6 Å². The average Bonchev–Trinajstić information content (AvgIpc) is 3.14. The summed E-state index contributed by atoms with van der Waals surface area (Å²) in [5.74, 6) is 0.694. The first-order valence-corrected chi connectivity index (χ1v) is 6.34. The topological polar surface area (TPSA) is 33.1 Å². The Bertz CT molecular complexity index is 551. The summed E-state index contributed by atoms with van der Waals surface area (Å²) < 4.78 is 0. The highest BCUT2D eigenvalue weighted by molar-refractivity contribution is 6.35. The van der Waals surface area contributed by atoms with Gasteiger partial charge >= 0.3 is 0 Å². The van der Waals surface area contributed by atoms with E-state index in [0.29, 0.717) is 10.9 Å². The Morgan fingerprint density at radius 2 is 2.18 bits per heavy atom. The van der Waals surface area contributed by atoms with Gasteiger partial charge in [0.05, 0.1) is 11.6 Å². The molecule has 1 aliphatic carbocycles. The lowest BCUT2D eigenvalue weighted by Gasteiger charge is -2.13. The molecular formula is C14H14ClNO. The maximum Gasteiger partial charge on any atom is 0.0813 e. The zero-order chi connectivity index (χ0) is 11.8. The van der Waals surface area contributed by atoms with Crippen molar-refractivity contribution >= 4 is 22.5 Å². The Labute approximate surface area is 105 Å². The van der Waals surface area contributed by atoms with E-state index in [2.05, 4.69) is 4.98 Å². The molecule has 1 aliphatic rings. The van der Waals surface area contributed by atoms with Crippen LogP contribution in [0.15, 0.2) is 30.5 Å². The first-order chi connectivity index (χ1) is 8.25. The molecule has 1 heterocycles. The van der Waals surface area contributed by atoms with Crippen molar-refractivity contribution in [2.75, 3.05) is 0 Å². The van der Waals surface area contributed by atoms with Crippen LogP contribution in [0.1, 0.15) is 30.9 Å². The van der Waals surface area contributed by atoms with Crippen molar-refractivity contribution in [1.29, 1.82) is 0 Å². The predicted octanol–water partition coefficient (Wildman–Crippen LogP) is 3.72. The monoisotopic (exact) mass is 247 g/mol.